The van der Waals surface area contributed by atoms with Crippen molar-refractivity contribution in [2.24, 2.45) is 5.92 Å². The minimum atomic E-state index is 0.0576. The molecule has 0 aliphatic heterocycles. The van der Waals surface area contributed by atoms with E-state index in [0.717, 1.165) is 5.92 Å². The molecule has 1 atom stereocenters. The topological polar surface area (TPSA) is 0 Å². The summed E-state index contributed by atoms with van der Waals surface area (Å²) in [5.41, 5.74) is 0. The van der Waals surface area contributed by atoms with E-state index >= 15 is 0 Å². The Morgan fingerprint density at radius 1 is 1.00 bits per heavy atom. The van der Waals surface area contributed by atoms with Crippen molar-refractivity contribution in [2.45, 2.75) is 71.5 Å². The predicted molar refractivity (Wildman–Crippen MR) is 64.8 cm³/mol. The zero-order valence-electron chi connectivity index (χ0n) is 10.0. The molecule has 0 amide bonds. The third-order valence-corrected chi connectivity index (χ3v) is 4.17. The Labute approximate surface area is 86.7 Å². The summed E-state index contributed by atoms with van der Waals surface area (Å²) >= 11 is 0. The standard InChI is InChI=1S/C12H27Si/c1-5-12(2)10-8-6-7-9-11-13(3)4/h12H,5-11H2,1-4H3. The molecule has 1 radical (unpaired) electrons. The van der Waals surface area contributed by atoms with Crippen molar-refractivity contribution in [3.63, 3.8) is 0 Å². The smallest absolute Gasteiger partial charge is 0.0412 e. The molecule has 0 bridgehead atoms. The van der Waals surface area contributed by atoms with Crippen LogP contribution in [0.15, 0.2) is 0 Å². The van der Waals surface area contributed by atoms with Crippen molar-refractivity contribution in [1.82, 2.24) is 0 Å². The van der Waals surface area contributed by atoms with E-state index in [9.17, 15) is 0 Å². The molecule has 0 saturated heterocycles. The van der Waals surface area contributed by atoms with E-state index in [-0.39, 0.29) is 8.80 Å². The summed E-state index contributed by atoms with van der Waals surface area (Å²) in [6.07, 6.45) is 8.71. The van der Waals surface area contributed by atoms with E-state index < -0.39 is 0 Å². The zero-order valence-corrected chi connectivity index (χ0v) is 11.0. The van der Waals surface area contributed by atoms with Gasteiger partial charge < -0.3 is 0 Å². The number of hydrogen-bond acceptors (Lipinski definition) is 0. The number of rotatable bonds is 8. The molecular formula is C12H27Si. The second kappa shape index (κ2) is 8.80. The van der Waals surface area contributed by atoms with Crippen LogP contribution in [0.3, 0.4) is 0 Å². The molecule has 0 rings (SSSR count). The van der Waals surface area contributed by atoms with Crippen LogP contribution in [0.1, 0.15) is 52.4 Å². The highest BCUT2D eigenvalue weighted by molar-refractivity contribution is 6.55. The van der Waals surface area contributed by atoms with Crippen LogP contribution < -0.4 is 0 Å². The van der Waals surface area contributed by atoms with E-state index in [1.807, 2.05) is 0 Å². The lowest BCUT2D eigenvalue weighted by molar-refractivity contribution is 0.477. The summed E-state index contributed by atoms with van der Waals surface area (Å²) in [5, 5.41) is 0. The first-order chi connectivity index (χ1) is 6.16. The van der Waals surface area contributed by atoms with Crippen molar-refractivity contribution in [3.05, 3.63) is 0 Å². The molecule has 1 unspecified atom stereocenters. The van der Waals surface area contributed by atoms with Gasteiger partial charge in [0.05, 0.1) is 0 Å². The third kappa shape index (κ3) is 10.1. The molecule has 1 heteroatoms. The van der Waals surface area contributed by atoms with Gasteiger partial charge in [0.15, 0.2) is 0 Å². The van der Waals surface area contributed by atoms with E-state index in [2.05, 4.69) is 26.9 Å². The second-order valence-corrected chi connectivity index (χ2v) is 7.59. The maximum Gasteiger partial charge on any atom is 0.0412 e. The highest BCUT2D eigenvalue weighted by Crippen LogP contribution is 2.14. The average molecular weight is 199 g/mol. The lowest BCUT2D eigenvalue weighted by Gasteiger charge is -2.07. The van der Waals surface area contributed by atoms with Crippen molar-refractivity contribution in [3.8, 4) is 0 Å². The van der Waals surface area contributed by atoms with E-state index in [1.54, 1.807) is 0 Å². The van der Waals surface area contributed by atoms with Gasteiger partial charge in [-0.25, -0.2) is 0 Å². The molecule has 0 spiro atoms. The van der Waals surface area contributed by atoms with Gasteiger partial charge >= 0.3 is 0 Å². The van der Waals surface area contributed by atoms with Gasteiger partial charge in [0, 0.05) is 8.80 Å². The van der Waals surface area contributed by atoms with Crippen LogP contribution in [0.4, 0.5) is 0 Å². The summed E-state index contributed by atoms with van der Waals surface area (Å²) in [5.74, 6) is 0.956. The largest absolute Gasteiger partial charge is 0.0713 e. The van der Waals surface area contributed by atoms with Gasteiger partial charge in [-0.15, -0.1) is 0 Å². The fraction of sp³-hybridized carbons (Fsp3) is 1.00. The maximum absolute atomic E-state index is 2.42. The van der Waals surface area contributed by atoms with Gasteiger partial charge in [0.25, 0.3) is 0 Å². The summed E-state index contributed by atoms with van der Waals surface area (Å²) in [7, 11) is 0.0576. The van der Waals surface area contributed by atoms with Gasteiger partial charge in [-0.1, -0.05) is 71.5 Å². The molecule has 0 aliphatic rings. The molecule has 0 fully saturated rings. The summed E-state index contributed by atoms with van der Waals surface area (Å²) in [6, 6.07) is 1.52. The third-order valence-electron chi connectivity index (χ3n) is 2.82. The van der Waals surface area contributed by atoms with Gasteiger partial charge in [-0.3, -0.25) is 0 Å². The predicted octanol–water partition coefficient (Wildman–Crippen LogP) is 4.74. The van der Waals surface area contributed by atoms with Crippen LogP contribution in [0, 0.1) is 5.92 Å². The van der Waals surface area contributed by atoms with Gasteiger partial charge in [-0.2, -0.15) is 0 Å². The van der Waals surface area contributed by atoms with Crippen LogP contribution in [0.2, 0.25) is 19.1 Å². The molecule has 0 aliphatic carbocycles. The Kier molecular flexibility index (Phi) is 8.95. The molecule has 79 valence electrons. The Morgan fingerprint density at radius 3 is 2.15 bits per heavy atom. The molecule has 13 heavy (non-hydrogen) atoms. The minimum absolute atomic E-state index is 0.0576. The lowest BCUT2D eigenvalue weighted by atomic mass is 10.0. The molecule has 0 aromatic carbocycles. The monoisotopic (exact) mass is 199 g/mol. The molecular weight excluding hydrogens is 172 g/mol. The Balaban J connectivity index is 2.99. The minimum Gasteiger partial charge on any atom is -0.0713 e. The van der Waals surface area contributed by atoms with Crippen LogP contribution in [0.25, 0.3) is 0 Å². The Hall–Kier alpha value is 0.217. The highest BCUT2D eigenvalue weighted by atomic mass is 28.3. The van der Waals surface area contributed by atoms with Crippen LogP contribution in [-0.2, 0) is 0 Å². The normalized spacial score (nSPS) is 13.6. The first-order valence-corrected chi connectivity index (χ1v) is 8.66. The van der Waals surface area contributed by atoms with E-state index in [0.29, 0.717) is 0 Å². The van der Waals surface area contributed by atoms with E-state index in [1.165, 1.54) is 44.6 Å². The molecule has 0 saturated carbocycles. The lowest BCUT2D eigenvalue weighted by Crippen LogP contribution is -1.98. The SMILES string of the molecule is CCC(C)CCCCCC[Si](C)C. The molecule has 0 aromatic rings. The second-order valence-electron chi connectivity index (χ2n) is 4.67. The summed E-state index contributed by atoms with van der Waals surface area (Å²) in [4.78, 5) is 0. The fourth-order valence-electron chi connectivity index (χ4n) is 1.53. The average Bonchev–Trinajstić information content (AvgIpc) is 2.10. The van der Waals surface area contributed by atoms with Gasteiger partial charge in [-0.05, 0) is 5.92 Å². The van der Waals surface area contributed by atoms with Gasteiger partial charge in [0.2, 0.25) is 0 Å². The van der Waals surface area contributed by atoms with Crippen molar-refractivity contribution >= 4 is 8.80 Å². The molecule has 0 nitrogen and oxygen atoms in total. The van der Waals surface area contributed by atoms with Crippen molar-refractivity contribution < 1.29 is 0 Å². The van der Waals surface area contributed by atoms with Crippen molar-refractivity contribution in [2.75, 3.05) is 0 Å². The number of unbranched alkanes of at least 4 members (excludes halogenated alkanes) is 3. The Bertz CT molecular complexity index is 99.3. The highest BCUT2D eigenvalue weighted by Gasteiger charge is 1.99. The summed E-state index contributed by atoms with van der Waals surface area (Å²) in [6.45, 7) is 9.51. The first-order valence-electron chi connectivity index (χ1n) is 5.95. The molecule has 0 aromatic heterocycles. The van der Waals surface area contributed by atoms with Crippen LogP contribution in [0.5, 0.6) is 0 Å². The summed E-state index contributed by atoms with van der Waals surface area (Å²) < 4.78 is 0. The van der Waals surface area contributed by atoms with Crippen LogP contribution in [-0.4, -0.2) is 8.80 Å². The van der Waals surface area contributed by atoms with Crippen LogP contribution >= 0.6 is 0 Å². The first kappa shape index (κ1) is 13.2. The molecule has 0 heterocycles. The van der Waals surface area contributed by atoms with E-state index in [4.69, 9.17) is 0 Å². The fourth-order valence-corrected chi connectivity index (χ4v) is 2.49. The number of hydrogen-bond donors (Lipinski definition) is 0. The van der Waals surface area contributed by atoms with Gasteiger partial charge in [0.1, 0.15) is 0 Å². The van der Waals surface area contributed by atoms with Crippen molar-refractivity contribution in [1.29, 1.82) is 0 Å². The quantitative estimate of drug-likeness (QED) is 0.391. The Morgan fingerprint density at radius 2 is 1.62 bits per heavy atom. The molecule has 0 N–H and O–H groups in total. The maximum atomic E-state index is 2.42. The zero-order chi connectivity index (χ0) is 10.1.